The third kappa shape index (κ3) is 4.13. The molecule has 0 fully saturated rings. The lowest BCUT2D eigenvalue weighted by Crippen LogP contribution is -2.01. The van der Waals surface area contributed by atoms with Crippen molar-refractivity contribution in [3.63, 3.8) is 0 Å². The van der Waals surface area contributed by atoms with E-state index in [0.717, 1.165) is 24.1 Å². The third-order valence-corrected chi connectivity index (χ3v) is 13.1. The molecule has 222 valence electrons. The smallest absolute Gasteiger partial charge is 0.0755 e. The Bertz CT molecular complexity index is 2660. The highest BCUT2D eigenvalue weighted by molar-refractivity contribution is 7.63. The molecule has 0 saturated heterocycles. The van der Waals surface area contributed by atoms with Crippen LogP contribution in [0.25, 0.3) is 81.1 Å². The van der Waals surface area contributed by atoms with E-state index in [2.05, 4.69) is 146 Å². The van der Waals surface area contributed by atoms with Crippen LogP contribution in [0.3, 0.4) is 0 Å². The summed E-state index contributed by atoms with van der Waals surface area (Å²) < 4.78 is 0. The Morgan fingerprint density at radius 3 is 1.74 bits per heavy atom. The average molecular weight is 618 g/mol. The molecule has 9 aromatic rings. The Labute approximate surface area is 275 Å². The fourth-order valence-corrected chi connectivity index (χ4v) is 11.3. The molecule has 0 saturated carbocycles. The molecule has 1 aliphatic rings. The van der Waals surface area contributed by atoms with Gasteiger partial charge in [-0.25, -0.2) is 4.98 Å². The van der Waals surface area contributed by atoms with Crippen molar-refractivity contribution in [3.8, 4) is 27.2 Å². The van der Waals surface area contributed by atoms with E-state index < -0.39 is 7.53 Å². The van der Waals surface area contributed by atoms with Gasteiger partial charge < -0.3 is 0 Å². The van der Waals surface area contributed by atoms with Crippen LogP contribution < -0.4 is 0 Å². The van der Waals surface area contributed by atoms with E-state index in [1.165, 1.54) is 77.5 Å². The molecule has 0 spiro atoms. The van der Waals surface area contributed by atoms with Crippen molar-refractivity contribution in [2.45, 2.75) is 25.7 Å². The first kappa shape index (κ1) is 26.9. The second kappa shape index (κ2) is 10.7. The van der Waals surface area contributed by atoms with E-state index in [0.29, 0.717) is 0 Å². The molecular formula is C45H32NP. The highest BCUT2D eigenvalue weighted by Gasteiger charge is 2.28. The van der Waals surface area contributed by atoms with Crippen LogP contribution in [-0.2, 0) is 12.8 Å². The SMILES string of the molecule is c1ccc(-c2c3c(c(-c4ccc5c(ccc6ccc7ccc8ccc9ccccc9c8c7c65)n4)p2-c2ccccc2)CCCC3)cc1. The molecule has 1 aliphatic carbocycles. The van der Waals surface area contributed by atoms with Gasteiger partial charge in [0.15, 0.2) is 0 Å². The standard InChI is InChI=1S/C45H32NP/c1-3-12-33(13-4-1)44-36-17-9-10-18-37(36)45(47(44)34-14-5-2-6-15-34)40-28-26-38-39(46-40)27-25-31-22-24-32-23-21-30-20-19-29-11-7-8-16-35(29)41(30)43(32)42(31)38/h1-8,11-16,19-28H,9-10,17-18H2. The molecular weight excluding hydrogens is 585 g/mol. The van der Waals surface area contributed by atoms with Crippen LogP contribution in [0, 0.1) is 0 Å². The van der Waals surface area contributed by atoms with Crippen LogP contribution in [-0.4, -0.2) is 4.98 Å². The zero-order chi connectivity index (χ0) is 30.9. The number of fused-ring (bicyclic) bond motifs is 10. The topological polar surface area (TPSA) is 12.9 Å². The van der Waals surface area contributed by atoms with E-state index in [1.54, 1.807) is 16.4 Å². The van der Waals surface area contributed by atoms with E-state index in [9.17, 15) is 0 Å². The van der Waals surface area contributed by atoms with Gasteiger partial charge >= 0.3 is 0 Å². The lowest BCUT2D eigenvalue weighted by atomic mass is 9.89. The van der Waals surface area contributed by atoms with Gasteiger partial charge in [0.25, 0.3) is 0 Å². The molecule has 1 nitrogen and oxygen atoms in total. The maximum Gasteiger partial charge on any atom is 0.0755 e. The monoisotopic (exact) mass is 617 g/mol. The summed E-state index contributed by atoms with van der Waals surface area (Å²) in [5.74, 6) is 0. The fourth-order valence-electron chi connectivity index (χ4n) is 8.29. The summed E-state index contributed by atoms with van der Waals surface area (Å²) in [6.07, 6.45) is 4.79. The maximum absolute atomic E-state index is 5.58. The van der Waals surface area contributed by atoms with Crippen LogP contribution >= 0.6 is 7.53 Å². The Balaban J connectivity index is 1.29. The number of rotatable bonds is 3. The van der Waals surface area contributed by atoms with Gasteiger partial charge in [0.2, 0.25) is 0 Å². The molecule has 2 heteroatoms. The molecule has 0 radical (unpaired) electrons. The largest absolute Gasteiger partial charge is 0.247 e. The number of pyridine rings is 1. The minimum atomic E-state index is -0.735. The first-order valence-corrected chi connectivity index (χ1v) is 18.1. The van der Waals surface area contributed by atoms with Crippen molar-refractivity contribution in [1.82, 2.24) is 4.98 Å². The Morgan fingerprint density at radius 2 is 1.00 bits per heavy atom. The normalized spacial score (nSPS) is 13.6. The highest BCUT2D eigenvalue weighted by atomic mass is 31.1. The molecule has 7 aromatic carbocycles. The first-order chi connectivity index (χ1) is 23.3. The van der Waals surface area contributed by atoms with Crippen molar-refractivity contribution in [2.75, 3.05) is 0 Å². The first-order valence-electron chi connectivity index (χ1n) is 16.8. The van der Waals surface area contributed by atoms with Gasteiger partial charge in [0.1, 0.15) is 0 Å². The Kier molecular flexibility index (Phi) is 6.11. The summed E-state index contributed by atoms with van der Waals surface area (Å²) >= 11 is 0. The molecule has 1 atom stereocenters. The predicted octanol–water partition coefficient (Wildman–Crippen LogP) is 13.0. The number of nitrogens with zero attached hydrogens (tertiary/aromatic N) is 1. The zero-order valence-corrected chi connectivity index (χ0v) is 27.0. The minimum absolute atomic E-state index is 0.735. The molecule has 2 aromatic heterocycles. The zero-order valence-electron chi connectivity index (χ0n) is 26.1. The van der Waals surface area contributed by atoms with Crippen molar-refractivity contribution in [2.24, 2.45) is 0 Å². The van der Waals surface area contributed by atoms with Crippen molar-refractivity contribution >= 4 is 61.5 Å². The Morgan fingerprint density at radius 1 is 0.426 bits per heavy atom. The van der Waals surface area contributed by atoms with Crippen LogP contribution in [0.5, 0.6) is 0 Å². The van der Waals surface area contributed by atoms with Gasteiger partial charge in [0.05, 0.1) is 11.2 Å². The molecule has 0 bridgehead atoms. The maximum atomic E-state index is 5.58. The summed E-state index contributed by atoms with van der Waals surface area (Å²) in [6.45, 7) is 0. The van der Waals surface area contributed by atoms with Gasteiger partial charge in [0, 0.05) is 16.0 Å². The molecule has 47 heavy (non-hydrogen) atoms. The summed E-state index contributed by atoms with van der Waals surface area (Å²) in [4.78, 5) is 5.58. The minimum Gasteiger partial charge on any atom is -0.247 e. The predicted molar refractivity (Wildman–Crippen MR) is 203 cm³/mol. The number of benzene rings is 7. The molecule has 0 aliphatic heterocycles. The summed E-state index contributed by atoms with van der Waals surface area (Å²) in [5.41, 5.74) is 6.71. The van der Waals surface area contributed by atoms with Crippen LogP contribution in [0.2, 0.25) is 0 Å². The van der Waals surface area contributed by atoms with Gasteiger partial charge in [-0.2, -0.15) is 0 Å². The van der Waals surface area contributed by atoms with Gasteiger partial charge in [-0.1, -0.05) is 135 Å². The van der Waals surface area contributed by atoms with E-state index in [1.807, 2.05) is 0 Å². The van der Waals surface area contributed by atoms with Crippen molar-refractivity contribution < 1.29 is 0 Å². The van der Waals surface area contributed by atoms with Gasteiger partial charge in [-0.05, 0) is 109 Å². The number of hydrogen-bond acceptors (Lipinski definition) is 1. The molecule has 0 N–H and O–H groups in total. The van der Waals surface area contributed by atoms with Crippen LogP contribution in [0.15, 0.2) is 146 Å². The van der Waals surface area contributed by atoms with E-state index in [4.69, 9.17) is 4.98 Å². The molecule has 2 heterocycles. The van der Waals surface area contributed by atoms with Gasteiger partial charge in [-0.3, -0.25) is 0 Å². The van der Waals surface area contributed by atoms with Crippen molar-refractivity contribution in [3.05, 3.63) is 157 Å². The lowest BCUT2D eigenvalue weighted by Gasteiger charge is -2.16. The average Bonchev–Trinajstić information content (AvgIpc) is 3.50. The van der Waals surface area contributed by atoms with Crippen LogP contribution in [0.4, 0.5) is 0 Å². The summed E-state index contributed by atoms with van der Waals surface area (Å²) in [6, 6.07) is 54.0. The van der Waals surface area contributed by atoms with E-state index in [-0.39, 0.29) is 0 Å². The second-order valence-electron chi connectivity index (χ2n) is 12.9. The second-order valence-corrected chi connectivity index (χ2v) is 15.0. The van der Waals surface area contributed by atoms with Crippen LogP contribution in [0.1, 0.15) is 24.0 Å². The molecule has 0 amide bonds. The lowest BCUT2D eigenvalue weighted by molar-refractivity contribution is 0.692. The summed E-state index contributed by atoms with van der Waals surface area (Å²) in [7, 11) is -0.735. The Hall–Kier alpha value is -5.23. The highest BCUT2D eigenvalue weighted by Crippen LogP contribution is 2.62. The number of aromatic nitrogens is 1. The molecule has 1 unspecified atom stereocenters. The molecule has 10 rings (SSSR count). The van der Waals surface area contributed by atoms with Gasteiger partial charge in [-0.15, -0.1) is 0 Å². The number of hydrogen-bond donors (Lipinski definition) is 0. The summed E-state index contributed by atoms with van der Waals surface area (Å²) in [5, 5.41) is 16.0. The third-order valence-electron chi connectivity index (χ3n) is 10.3. The van der Waals surface area contributed by atoms with E-state index >= 15 is 0 Å². The fraction of sp³-hybridized carbons (Fsp3) is 0.0889. The quantitative estimate of drug-likeness (QED) is 0.180. The van der Waals surface area contributed by atoms with Crippen molar-refractivity contribution in [1.29, 1.82) is 0 Å².